The van der Waals surface area contributed by atoms with Crippen LogP contribution in [0, 0.1) is 5.92 Å². The molecule has 1 N–H and O–H groups in total. The number of fused-ring (bicyclic) bond motifs is 2. The lowest BCUT2D eigenvalue weighted by Gasteiger charge is -2.31. The maximum atomic E-state index is 14.0. The quantitative estimate of drug-likeness (QED) is 0.225. The van der Waals surface area contributed by atoms with Crippen LogP contribution in [-0.2, 0) is 22.4 Å². The number of hydrogen-bond donors (Lipinski definition) is 1. The Kier molecular flexibility index (Phi) is 7.29. The second-order valence-electron chi connectivity index (χ2n) is 9.41. The van der Waals surface area contributed by atoms with Gasteiger partial charge in [0.05, 0.1) is 22.2 Å². The van der Waals surface area contributed by atoms with Gasteiger partial charge < -0.3 is 9.72 Å². The molecule has 0 saturated carbocycles. The fraction of sp³-hybridized carbons (Fsp3) is 0.179. The first-order chi connectivity index (χ1) is 19.5. The molecule has 3 atom stereocenters. The number of thioether (sulfide) groups is 1. The number of aromatic amines is 1. The molecule has 2 amide bonds. The van der Waals surface area contributed by atoms with E-state index < -0.39 is 40.6 Å². The van der Waals surface area contributed by atoms with Crippen molar-refractivity contribution < 1.29 is 27.5 Å². The van der Waals surface area contributed by atoms with Gasteiger partial charge in [-0.3, -0.25) is 14.4 Å². The molecule has 0 bridgehead atoms. The van der Waals surface area contributed by atoms with Crippen molar-refractivity contribution in [1.82, 2.24) is 4.98 Å². The molecule has 0 aliphatic carbocycles. The van der Waals surface area contributed by atoms with E-state index >= 15 is 0 Å². The predicted octanol–water partition coefficient (Wildman–Crippen LogP) is 7.25. The first-order valence-electron chi connectivity index (χ1n) is 12.1. The summed E-state index contributed by atoms with van der Waals surface area (Å²) >= 11 is 11.4. The number of anilines is 1. The van der Waals surface area contributed by atoms with Crippen LogP contribution in [0.4, 0.5) is 18.9 Å². The van der Waals surface area contributed by atoms with E-state index in [9.17, 15) is 27.6 Å². The fourth-order valence-corrected chi connectivity index (χ4v) is 8.07. The zero-order valence-corrected chi connectivity index (χ0v) is 24.6. The van der Waals surface area contributed by atoms with Crippen molar-refractivity contribution in [3.63, 3.8) is 0 Å². The van der Waals surface area contributed by atoms with Gasteiger partial charge in [-0.25, -0.2) is 4.90 Å². The van der Waals surface area contributed by atoms with Crippen molar-refractivity contribution >= 4 is 68.1 Å². The van der Waals surface area contributed by atoms with Crippen LogP contribution >= 0.6 is 50.6 Å². The van der Waals surface area contributed by atoms with E-state index in [1.807, 2.05) is 12.1 Å². The van der Waals surface area contributed by atoms with Gasteiger partial charge >= 0.3 is 11.0 Å². The molecule has 0 radical (unpaired) electrons. The number of thiazole rings is 1. The van der Waals surface area contributed by atoms with Gasteiger partial charge in [-0.2, -0.15) is 13.2 Å². The Morgan fingerprint density at radius 2 is 1.76 bits per heavy atom. The van der Waals surface area contributed by atoms with Gasteiger partial charge in [0.1, 0.15) is 17.6 Å². The molecule has 6 nitrogen and oxygen atoms in total. The molecule has 41 heavy (non-hydrogen) atoms. The Labute approximate surface area is 252 Å². The maximum Gasteiger partial charge on any atom is 0.416 e. The molecular formula is C28H17BrClF3N2O4S2. The number of halogens is 5. The number of carbonyl (C=O) groups is 2. The van der Waals surface area contributed by atoms with E-state index in [0.29, 0.717) is 30.7 Å². The number of rotatable bonds is 5. The number of carbonyl (C=O) groups excluding carboxylic acids is 2. The zero-order chi connectivity index (χ0) is 29.1. The van der Waals surface area contributed by atoms with E-state index in [-0.39, 0.29) is 17.2 Å². The fourth-order valence-electron chi connectivity index (χ4n) is 5.06. The summed E-state index contributed by atoms with van der Waals surface area (Å²) in [5.41, 5.74) is 0.277. The van der Waals surface area contributed by atoms with Gasteiger partial charge in [0.25, 0.3) is 0 Å². The third-order valence-corrected chi connectivity index (χ3v) is 10.0. The molecule has 2 aliphatic heterocycles. The summed E-state index contributed by atoms with van der Waals surface area (Å²) in [6, 6.07) is 16.5. The standard InChI is InChI=1S/C28H17BrClF3N2O4S2/c29-15-6-9-19(39-12-13-4-7-16(30)8-5-13)18(11-15)20-21-23(40-24-22(20)41-27(38)34-24)26(37)35(25(21)36)17-3-1-2-14(10-17)28(31,32)33/h1-11,20-21,23H,12H2,(H,34,38)/t20-,21?,23?/m1/s1. The van der Waals surface area contributed by atoms with Crippen LogP contribution in [0.1, 0.15) is 27.5 Å². The Balaban J connectivity index is 1.43. The topological polar surface area (TPSA) is 79.5 Å². The number of amides is 2. The van der Waals surface area contributed by atoms with Crippen LogP contribution in [0.5, 0.6) is 5.75 Å². The highest BCUT2D eigenvalue weighted by atomic mass is 79.9. The van der Waals surface area contributed by atoms with Gasteiger partial charge in [-0.05, 0) is 54.1 Å². The van der Waals surface area contributed by atoms with E-state index in [1.54, 1.807) is 30.3 Å². The summed E-state index contributed by atoms with van der Waals surface area (Å²) in [5.74, 6) is -2.63. The minimum absolute atomic E-state index is 0.158. The van der Waals surface area contributed by atoms with Gasteiger partial charge in [0.2, 0.25) is 11.8 Å². The lowest BCUT2D eigenvalue weighted by Crippen LogP contribution is -2.32. The van der Waals surface area contributed by atoms with E-state index in [4.69, 9.17) is 16.3 Å². The van der Waals surface area contributed by atoms with Gasteiger partial charge in [0, 0.05) is 25.9 Å². The SMILES string of the molecule is O=C1C2Sc3[nH]c(=O)sc3[C@H](c3cc(Br)ccc3OCc3ccc(Cl)cc3)C2C(=O)N1c1cccc(C(F)(F)F)c1. The average molecular weight is 682 g/mol. The number of hydrogen-bond acceptors (Lipinski definition) is 6. The summed E-state index contributed by atoms with van der Waals surface area (Å²) in [4.78, 5) is 43.9. The van der Waals surface area contributed by atoms with Crippen LogP contribution < -0.4 is 14.5 Å². The van der Waals surface area contributed by atoms with Crippen molar-refractivity contribution in [2.75, 3.05) is 4.90 Å². The normalized spacial score (nSPS) is 20.2. The van der Waals surface area contributed by atoms with E-state index in [1.165, 1.54) is 6.07 Å². The molecule has 3 heterocycles. The number of alkyl halides is 3. The molecule has 13 heteroatoms. The minimum Gasteiger partial charge on any atom is -0.489 e. The van der Waals surface area contributed by atoms with Crippen molar-refractivity contribution in [2.24, 2.45) is 5.92 Å². The number of ether oxygens (including phenoxy) is 1. The Bertz CT molecular complexity index is 1740. The van der Waals surface area contributed by atoms with Crippen LogP contribution in [0.25, 0.3) is 0 Å². The molecule has 1 saturated heterocycles. The van der Waals surface area contributed by atoms with Crippen LogP contribution in [0.15, 0.2) is 81.0 Å². The molecule has 1 fully saturated rings. The molecule has 2 unspecified atom stereocenters. The summed E-state index contributed by atoms with van der Waals surface area (Å²) in [6.07, 6.45) is -4.65. The van der Waals surface area contributed by atoms with Crippen LogP contribution in [-0.4, -0.2) is 22.0 Å². The Hall–Kier alpha value is -3.06. The monoisotopic (exact) mass is 680 g/mol. The number of aromatic nitrogens is 1. The van der Waals surface area contributed by atoms with Crippen molar-refractivity contribution in [3.05, 3.63) is 107 Å². The molecule has 0 spiro atoms. The lowest BCUT2D eigenvalue weighted by molar-refractivity contribution is -0.137. The predicted molar refractivity (Wildman–Crippen MR) is 154 cm³/mol. The maximum absolute atomic E-state index is 14.0. The molecular weight excluding hydrogens is 665 g/mol. The molecule has 210 valence electrons. The third-order valence-electron chi connectivity index (χ3n) is 6.87. The number of H-pyrrole nitrogens is 1. The molecule has 3 aromatic carbocycles. The Morgan fingerprint density at radius 1 is 1.00 bits per heavy atom. The van der Waals surface area contributed by atoms with Gasteiger partial charge in [-0.15, -0.1) is 0 Å². The first-order valence-corrected chi connectivity index (χ1v) is 15.0. The Morgan fingerprint density at radius 3 is 2.49 bits per heavy atom. The molecule has 6 rings (SSSR count). The summed E-state index contributed by atoms with van der Waals surface area (Å²) < 4.78 is 47.2. The van der Waals surface area contributed by atoms with Crippen molar-refractivity contribution in [1.29, 1.82) is 0 Å². The van der Waals surface area contributed by atoms with E-state index in [2.05, 4.69) is 20.9 Å². The third kappa shape index (κ3) is 5.22. The smallest absolute Gasteiger partial charge is 0.416 e. The number of imide groups is 1. The van der Waals surface area contributed by atoms with Crippen LogP contribution in [0.2, 0.25) is 5.02 Å². The lowest BCUT2D eigenvalue weighted by atomic mass is 9.82. The highest BCUT2D eigenvalue weighted by molar-refractivity contribution is 9.10. The van der Waals surface area contributed by atoms with Gasteiger partial charge in [-0.1, -0.05) is 68.8 Å². The van der Waals surface area contributed by atoms with Gasteiger partial charge in [0.15, 0.2) is 0 Å². The molecule has 1 aromatic heterocycles. The number of nitrogens with one attached hydrogen (secondary N) is 1. The average Bonchev–Trinajstić information content (AvgIpc) is 3.42. The number of nitrogens with zero attached hydrogens (tertiary/aromatic N) is 1. The van der Waals surface area contributed by atoms with Crippen LogP contribution in [0.3, 0.4) is 0 Å². The van der Waals surface area contributed by atoms with Crippen molar-refractivity contribution in [2.45, 2.75) is 29.0 Å². The summed E-state index contributed by atoms with van der Waals surface area (Å²) in [5, 5.41) is 0.0540. The van der Waals surface area contributed by atoms with E-state index in [0.717, 1.165) is 51.8 Å². The highest BCUT2D eigenvalue weighted by Crippen LogP contribution is 2.55. The summed E-state index contributed by atoms with van der Waals surface area (Å²) in [7, 11) is 0. The number of benzene rings is 3. The highest BCUT2D eigenvalue weighted by Gasteiger charge is 2.57. The zero-order valence-electron chi connectivity index (χ0n) is 20.6. The minimum atomic E-state index is -4.65. The molecule has 2 aliphatic rings. The largest absolute Gasteiger partial charge is 0.489 e. The molecule has 4 aromatic rings. The summed E-state index contributed by atoms with van der Waals surface area (Å²) in [6.45, 7) is 0.181. The second-order valence-corrected chi connectivity index (χ2v) is 12.9. The first kappa shape index (κ1) is 28.1. The van der Waals surface area contributed by atoms with Crippen molar-refractivity contribution in [3.8, 4) is 5.75 Å². The second kappa shape index (κ2) is 10.6.